The Balaban J connectivity index is 1.64. The lowest BCUT2D eigenvalue weighted by Gasteiger charge is -2.10. The number of H-pyrrole nitrogens is 1. The predicted molar refractivity (Wildman–Crippen MR) is 127 cm³/mol. The second-order valence-electron chi connectivity index (χ2n) is 7.72. The minimum atomic E-state index is -0.562. The summed E-state index contributed by atoms with van der Waals surface area (Å²) in [6, 6.07) is 29.3. The van der Waals surface area contributed by atoms with Gasteiger partial charge in [0, 0.05) is 11.6 Å². The van der Waals surface area contributed by atoms with Gasteiger partial charge in [0.2, 0.25) is 0 Å². The highest BCUT2D eigenvalue weighted by Crippen LogP contribution is 2.29. The molecule has 5 aromatic rings. The molecule has 6 nitrogen and oxygen atoms in total. The quantitative estimate of drug-likeness (QED) is 0.405. The maximum Gasteiger partial charge on any atom is 0.356 e. The van der Waals surface area contributed by atoms with Crippen LogP contribution in [0.4, 0.5) is 0 Å². The number of benzene rings is 3. The van der Waals surface area contributed by atoms with E-state index in [1.807, 2.05) is 60.7 Å². The van der Waals surface area contributed by atoms with Crippen molar-refractivity contribution in [3.05, 3.63) is 118 Å². The van der Waals surface area contributed by atoms with Crippen LogP contribution in [0.25, 0.3) is 28.0 Å². The standard InChI is InChI=1S/C27H21N3O3/c1-33-27(32)22-17-23-28-25(24(26(31)30(23)29-22)20-10-6-3-7-11-20)21-14-12-19(13-15-21)16-18-8-4-2-5-9-18/h2-15,17,29H,16H2,1H3. The third kappa shape index (κ3) is 3.94. The lowest BCUT2D eigenvalue weighted by atomic mass is 9.98. The van der Waals surface area contributed by atoms with E-state index in [9.17, 15) is 9.59 Å². The summed E-state index contributed by atoms with van der Waals surface area (Å²) in [5, 5.41) is 2.81. The lowest BCUT2D eigenvalue weighted by molar-refractivity contribution is 0.0593. The van der Waals surface area contributed by atoms with Gasteiger partial charge in [-0.05, 0) is 23.1 Å². The van der Waals surface area contributed by atoms with Gasteiger partial charge in [0.15, 0.2) is 5.65 Å². The summed E-state index contributed by atoms with van der Waals surface area (Å²) in [5.41, 5.74) is 5.22. The minimum Gasteiger partial charge on any atom is -0.464 e. The normalized spacial score (nSPS) is 10.9. The Hall–Kier alpha value is -4.45. The molecule has 0 unspecified atom stereocenters. The highest BCUT2D eigenvalue weighted by Gasteiger charge is 2.19. The van der Waals surface area contributed by atoms with E-state index >= 15 is 0 Å². The lowest BCUT2D eigenvalue weighted by Crippen LogP contribution is -2.19. The van der Waals surface area contributed by atoms with Gasteiger partial charge < -0.3 is 4.74 Å². The SMILES string of the molecule is COC(=O)c1cc2nc(-c3ccc(Cc4ccccc4)cc3)c(-c3ccccc3)c(=O)n2[nH]1. The number of aromatic amines is 1. The Morgan fingerprint density at radius 1 is 0.879 bits per heavy atom. The number of carbonyl (C=O) groups is 1. The van der Waals surface area contributed by atoms with Gasteiger partial charge in [0.05, 0.1) is 18.4 Å². The molecule has 0 atom stereocenters. The number of fused-ring (bicyclic) bond motifs is 1. The smallest absolute Gasteiger partial charge is 0.356 e. The van der Waals surface area contributed by atoms with Crippen LogP contribution < -0.4 is 5.56 Å². The third-order valence-electron chi connectivity index (χ3n) is 5.56. The molecule has 162 valence electrons. The Kier molecular flexibility index (Phi) is 5.32. The molecule has 5 rings (SSSR count). The van der Waals surface area contributed by atoms with Crippen molar-refractivity contribution in [2.24, 2.45) is 0 Å². The topological polar surface area (TPSA) is 76.5 Å². The van der Waals surface area contributed by atoms with Crippen molar-refractivity contribution in [2.75, 3.05) is 7.11 Å². The summed E-state index contributed by atoms with van der Waals surface area (Å²) >= 11 is 0. The Morgan fingerprint density at radius 3 is 2.18 bits per heavy atom. The zero-order chi connectivity index (χ0) is 22.8. The molecule has 3 aromatic carbocycles. The number of nitrogens with zero attached hydrogens (tertiary/aromatic N) is 2. The molecule has 0 amide bonds. The fourth-order valence-electron chi connectivity index (χ4n) is 3.92. The summed E-state index contributed by atoms with van der Waals surface area (Å²) in [5.74, 6) is -0.562. The van der Waals surface area contributed by atoms with E-state index in [0.717, 1.165) is 17.5 Å². The van der Waals surface area contributed by atoms with Gasteiger partial charge in [0.1, 0.15) is 5.69 Å². The number of nitrogens with one attached hydrogen (secondary N) is 1. The molecule has 0 aliphatic carbocycles. The zero-order valence-electron chi connectivity index (χ0n) is 18.0. The fourth-order valence-corrected chi connectivity index (χ4v) is 3.92. The van der Waals surface area contributed by atoms with E-state index in [4.69, 9.17) is 9.72 Å². The molecule has 0 saturated carbocycles. The summed E-state index contributed by atoms with van der Waals surface area (Å²) in [6.07, 6.45) is 0.822. The van der Waals surface area contributed by atoms with Crippen LogP contribution in [-0.2, 0) is 11.2 Å². The molecular weight excluding hydrogens is 414 g/mol. The monoisotopic (exact) mass is 435 g/mol. The first-order valence-corrected chi connectivity index (χ1v) is 10.6. The molecular formula is C27H21N3O3. The fraction of sp³-hybridized carbons (Fsp3) is 0.0741. The molecule has 2 heterocycles. The maximum absolute atomic E-state index is 13.5. The summed E-state index contributed by atoms with van der Waals surface area (Å²) < 4.78 is 6.06. The molecule has 2 aromatic heterocycles. The van der Waals surface area contributed by atoms with Crippen LogP contribution in [0.3, 0.4) is 0 Å². The van der Waals surface area contributed by atoms with Crippen LogP contribution in [0.15, 0.2) is 95.8 Å². The molecule has 6 heteroatoms. The zero-order valence-corrected chi connectivity index (χ0v) is 18.0. The van der Waals surface area contributed by atoms with Crippen LogP contribution in [0.2, 0.25) is 0 Å². The van der Waals surface area contributed by atoms with Gasteiger partial charge in [-0.1, -0.05) is 84.9 Å². The molecule has 1 N–H and O–H groups in total. The van der Waals surface area contributed by atoms with Crippen molar-refractivity contribution in [2.45, 2.75) is 6.42 Å². The second kappa shape index (κ2) is 8.59. The third-order valence-corrected chi connectivity index (χ3v) is 5.56. The van der Waals surface area contributed by atoms with E-state index in [2.05, 4.69) is 29.4 Å². The molecule has 0 spiro atoms. The van der Waals surface area contributed by atoms with Crippen molar-refractivity contribution >= 4 is 11.6 Å². The first-order valence-electron chi connectivity index (χ1n) is 10.6. The highest BCUT2D eigenvalue weighted by molar-refractivity contribution is 5.89. The van der Waals surface area contributed by atoms with Crippen molar-refractivity contribution in [3.8, 4) is 22.4 Å². The van der Waals surface area contributed by atoms with Crippen molar-refractivity contribution in [3.63, 3.8) is 0 Å². The number of ether oxygens (including phenoxy) is 1. The molecule has 0 aliphatic rings. The Bertz CT molecular complexity index is 1490. The summed E-state index contributed by atoms with van der Waals surface area (Å²) in [7, 11) is 1.29. The first-order chi connectivity index (χ1) is 16.1. The Morgan fingerprint density at radius 2 is 1.52 bits per heavy atom. The number of hydrogen-bond acceptors (Lipinski definition) is 4. The molecule has 33 heavy (non-hydrogen) atoms. The van der Waals surface area contributed by atoms with E-state index in [1.165, 1.54) is 28.8 Å². The van der Waals surface area contributed by atoms with Crippen LogP contribution in [0.5, 0.6) is 0 Å². The molecule has 0 aliphatic heterocycles. The van der Waals surface area contributed by atoms with Gasteiger partial charge in [-0.3, -0.25) is 9.89 Å². The van der Waals surface area contributed by atoms with Gasteiger partial charge in [-0.2, -0.15) is 0 Å². The van der Waals surface area contributed by atoms with E-state index in [0.29, 0.717) is 16.9 Å². The molecule has 0 bridgehead atoms. The highest BCUT2D eigenvalue weighted by atomic mass is 16.5. The van der Waals surface area contributed by atoms with Gasteiger partial charge in [0.25, 0.3) is 5.56 Å². The average molecular weight is 435 g/mol. The van der Waals surface area contributed by atoms with E-state index in [-0.39, 0.29) is 11.3 Å². The average Bonchev–Trinajstić information content (AvgIpc) is 3.30. The molecule has 0 saturated heterocycles. The van der Waals surface area contributed by atoms with Crippen molar-refractivity contribution in [1.29, 1.82) is 0 Å². The second-order valence-corrected chi connectivity index (χ2v) is 7.72. The number of rotatable bonds is 5. The number of carbonyl (C=O) groups excluding carboxylic acids is 1. The molecule has 0 fully saturated rings. The maximum atomic E-state index is 13.5. The molecule has 0 radical (unpaired) electrons. The largest absolute Gasteiger partial charge is 0.464 e. The summed E-state index contributed by atoms with van der Waals surface area (Å²) in [4.78, 5) is 30.2. The number of methoxy groups -OCH3 is 1. The minimum absolute atomic E-state index is 0.163. The van der Waals surface area contributed by atoms with Crippen LogP contribution in [0, 0.1) is 0 Å². The van der Waals surface area contributed by atoms with Crippen molar-refractivity contribution in [1.82, 2.24) is 14.6 Å². The van der Waals surface area contributed by atoms with Crippen LogP contribution >= 0.6 is 0 Å². The first kappa shape index (κ1) is 20.5. The number of hydrogen-bond donors (Lipinski definition) is 1. The predicted octanol–water partition coefficient (Wildman–Crippen LogP) is 4.73. The van der Waals surface area contributed by atoms with Crippen LogP contribution in [0.1, 0.15) is 21.6 Å². The van der Waals surface area contributed by atoms with Gasteiger partial charge in [-0.15, -0.1) is 0 Å². The number of esters is 1. The van der Waals surface area contributed by atoms with Crippen LogP contribution in [-0.4, -0.2) is 27.7 Å². The number of aromatic nitrogens is 3. The van der Waals surface area contributed by atoms with Gasteiger partial charge in [-0.25, -0.2) is 14.3 Å². The van der Waals surface area contributed by atoms with E-state index in [1.54, 1.807) is 0 Å². The van der Waals surface area contributed by atoms with E-state index < -0.39 is 5.97 Å². The summed E-state index contributed by atoms with van der Waals surface area (Å²) in [6.45, 7) is 0. The Labute approximate surface area is 190 Å². The van der Waals surface area contributed by atoms with Gasteiger partial charge >= 0.3 is 5.97 Å². The van der Waals surface area contributed by atoms with Crippen molar-refractivity contribution < 1.29 is 9.53 Å².